The molecule has 2 heteroatoms. The molecule has 0 spiro atoms. The first-order chi connectivity index (χ1) is 9.85. The minimum atomic E-state index is 0.983. The monoisotopic (exact) mass is 271 g/mol. The maximum Gasteiger partial charge on any atom is 0.256 e. The van der Waals surface area contributed by atoms with Gasteiger partial charge in [0.15, 0.2) is 0 Å². The summed E-state index contributed by atoms with van der Waals surface area (Å²) < 4.78 is 4.85. The van der Waals surface area contributed by atoms with Crippen molar-refractivity contribution in [3.63, 3.8) is 0 Å². The smallest absolute Gasteiger partial charge is 0.234 e. The van der Waals surface area contributed by atoms with Gasteiger partial charge in [-0.15, -0.1) is 0 Å². The van der Waals surface area contributed by atoms with Gasteiger partial charge in [-0.05, 0) is 24.8 Å². The topological polar surface area (TPSA) is 8.81 Å². The van der Waals surface area contributed by atoms with Crippen molar-refractivity contribution in [3.05, 3.63) is 54.1 Å². The van der Waals surface area contributed by atoms with Crippen LogP contribution in [-0.4, -0.2) is 4.57 Å². The Morgan fingerprint density at radius 2 is 1.80 bits per heavy atom. The van der Waals surface area contributed by atoms with Crippen LogP contribution in [0.5, 0.6) is 0 Å². The Labute approximate surface area is 123 Å². The van der Waals surface area contributed by atoms with Crippen molar-refractivity contribution < 1.29 is 4.57 Å². The van der Waals surface area contributed by atoms with Gasteiger partial charge in [-0.25, -0.2) is 9.13 Å². The van der Waals surface area contributed by atoms with Crippen LogP contribution in [0.15, 0.2) is 42.7 Å². The molecule has 0 aliphatic carbocycles. The quantitative estimate of drug-likeness (QED) is 0.507. The number of nitrogens with zero attached hydrogens (tertiary/aromatic N) is 2. The first-order valence-corrected chi connectivity index (χ1v) is 7.96. The summed E-state index contributed by atoms with van der Waals surface area (Å²) in [4.78, 5) is 0. The molecule has 0 N–H and O–H groups in total. The van der Waals surface area contributed by atoms with E-state index in [2.05, 4.69) is 65.7 Å². The number of rotatable bonds is 8. The molecule has 0 bridgehead atoms. The van der Waals surface area contributed by atoms with Gasteiger partial charge in [0.2, 0.25) is 0 Å². The van der Waals surface area contributed by atoms with Crippen LogP contribution in [0.25, 0.3) is 0 Å². The molecule has 0 aliphatic rings. The number of aryl methyl sites for hydroxylation is 1. The van der Waals surface area contributed by atoms with E-state index in [0.29, 0.717) is 0 Å². The zero-order valence-corrected chi connectivity index (χ0v) is 12.9. The molecule has 0 atom stereocenters. The molecular weight excluding hydrogens is 244 g/mol. The third kappa shape index (κ3) is 3.96. The first kappa shape index (κ1) is 14.8. The van der Waals surface area contributed by atoms with Gasteiger partial charge in [-0.3, -0.25) is 0 Å². The zero-order valence-electron chi connectivity index (χ0n) is 12.9. The summed E-state index contributed by atoms with van der Waals surface area (Å²) in [6.07, 6.45) is 10.7. The Balaban J connectivity index is 2.11. The summed E-state index contributed by atoms with van der Waals surface area (Å²) in [5, 5.41) is 0. The van der Waals surface area contributed by atoms with Gasteiger partial charge in [0.1, 0.15) is 18.9 Å². The predicted octanol–water partition coefficient (Wildman–Crippen LogP) is 3.97. The van der Waals surface area contributed by atoms with E-state index >= 15 is 0 Å². The number of benzene rings is 1. The van der Waals surface area contributed by atoms with E-state index in [0.717, 1.165) is 19.5 Å². The maximum atomic E-state index is 2.45. The molecule has 0 radical (unpaired) electrons. The van der Waals surface area contributed by atoms with Crippen molar-refractivity contribution in [2.24, 2.45) is 0 Å². The summed E-state index contributed by atoms with van der Waals surface area (Å²) in [7, 11) is 0. The first-order valence-electron chi connectivity index (χ1n) is 7.96. The van der Waals surface area contributed by atoms with Crippen LogP contribution >= 0.6 is 0 Å². The summed E-state index contributed by atoms with van der Waals surface area (Å²) >= 11 is 0. The molecule has 1 aromatic heterocycles. The van der Waals surface area contributed by atoms with E-state index < -0.39 is 0 Å². The Morgan fingerprint density at radius 1 is 1.00 bits per heavy atom. The number of unbranched alkanes of at least 4 members (excludes halogenated alkanes) is 2. The third-order valence-corrected chi connectivity index (χ3v) is 3.76. The highest BCUT2D eigenvalue weighted by Crippen LogP contribution is 2.06. The highest BCUT2D eigenvalue weighted by molar-refractivity contribution is 5.13. The van der Waals surface area contributed by atoms with Gasteiger partial charge < -0.3 is 0 Å². The second-order valence-corrected chi connectivity index (χ2v) is 5.48. The largest absolute Gasteiger partial charge is 0.256 e. The lowest BCUT2D eigenvalue weighted by atomic mass is 10.2. The molecule has 1 heterocycles. The summed E-state index contributed by atoms with van der Waals surface area (Å²) in [5.41, 5.74) is 1.38. The van der Waals surface area contributed by atoms with Crippen LogP contribution in [0, 0.1) is 0 Å². The van der Waals surface area contributed by atoms with Crippen LogP contribution in [0.2, 0.25) is 0 Å². The van der Waals surface area contributed by atoms with E-state index in [1.165, 1.54) is 37.1 Å². The standard InChI is InChI=1S/C18H27N2/c1-3-5-9-13-19-14-15-20(18(19)10-4-2)16-17-11-7-6-8-12-17/h6-8,11-12,14-15H,3-5,9-10,13,16H2,1-2H3/q+1. The molecule has 2 aromatic rings. The molecule has 1 aromatic carbocycles. The number of hydrogen-bond donors (Lipinski definition) is 0. The molecule has 0 saturated heterocycles. The van der Waals surface area contributed by atoms with Gasteiger partial charge in [-0.2, -0.15) is 0 Å². The Bertz CT molecular complexity index is 499. The highest BCUT2D eigenvalue weighted by Gasteiger charge is 2.15. The van der Waals surface area contributed by atoms with E-state index in [-0.39, 0.29) is 0 Å². The van der Waals surface area contributed by atoms with Crippen LogP contribution in [0.1, 0.15) is 50.9 Å². The number of hydrogen-bond acceptors (Lipinski definition) is 0. The molecule has 0 amide bonds. The second kappa shape index (κ2) is 7.88. The van der Waals surface area contributed by atoms with Crippen LogP contribution in [-0.2, 0) is 19.5 Å². The van der Waals surface area contributed by atoms with E-state index in [9.17, 15) is 0 Å². The molecule has 0 fully saturated rings. The normalized spacial score (nSPS) is 10.9. The summed E-state index contributed by atoms with van der Waals surface area (Å²) in [5.74, 6) is 1.47. The van der Waals surface area contributed by atoms with Crippen molar-refractivity contribution in [1.29, 1.82) is 0 Å². The average Bonchev–Trinajstić information content (AvgIpc) is 2.84. The second-order valence-electron chi connectivity index (χ2n) is 5.48. The van der Waals surface area contributed by atoms with Crippen molar-refractivity contribution in [3.8, 4) is 0 Å². The van der Waals surface area contributed by atoms with Crippen molar-refractivity contribution in [1.82, 2.24) is 4.57 Å². The minimum Gasteiger partial charge on any atom is -0.234 e. The fraction of sp³-hybridized carbons (Fsp3) is 0.500. The molecule has 2 rings (SSSR count). The van der Waals surface area contributed by atoms with E-state index in [4.69, 9.17) is 0 Å². The van der Waals surface area contributed by atoms with E-state index in [1.54, 1.807) is 0 Å². The molecule has 0 aliphatic heterocycles. The Kier molecular flexibility index (Phi) is 5.85. The lowest BCUT2D eigenvalue weighted by Gasteiger charge is -2.05. The van der Waals surface area contributed by atoms with Crippen LogP contribution in [0.4, 0.5) is 0 Å². The van der Waals surface area contributed by atoms with Crippen LogP contribution < -0.4 is 4.57 Å². The molecule has 108 valence electrons. The highest BCUT2D eigenvalue weighted by atomic mass is 15.1. The van der Waals surface area contributed by atoms with Crippen molar-refractivity contribution in [2.75, 3.05) is 0 Å². The molecule has 0 unspecified atom stereocenters. The molecule has 0 saturated carbocycles. The summed E-state index contributed by atoms with van der Waals surface area (Å²) in [6, 6.07) is 10.7. The SMILES string of the molecule is CCCCCn1cc[n+](Cc2ccccc2)c1CCC. The van der Waals surface area contributed by atoms with Gasteiger partial charge >= 0.3 is 0 Å². The van der Waals surface area contributed by atoms with Gasteiger partial charge in [0.25, 0.3) is 5.82 Å². The predicted molar refractivity (Wildman–Crippen MR) is 83.7 cm³/mol. The van der Waals surface area contributed by atoms with Gasteiger partial charge in [-0.1, -0.05) is 50.6 Å². The third-order valence-electron chi connectivity index (χ3n) is 3.76. The van der Waals surface area contributed by atoms with Gasteiger partial charge in [0.05, 0.1) is 6.54 Å². The average molecular weight is 271 g/mol. The fourth-order valence-corrected chi connectivity index (χ4v) is 2.67. The lowest BCUT2D eigenvalue weighted by molar-refractivity contribution is -0.695. The van der Waals surface area contributed by atoms with E-state index in [1.807, 2.05) is 0 Å². The zero-order chi connectivity index (χ0) is 14.2. The summed E-state index contributed by atoms with van der Waals surface area (Å²) in [6.45, 7) is 6.66. The van der Waals surface area contributed by atoms with Crippen molar-refractivity contribution >= 4 is 0 Å². The maximum absolute atomic E-state index is 2.45. The minimum absolute atomic E-state index is 0.983. The fourth-order valence-electron chi connectivity index (χ4n) is 2.67. The number of aromatic nitrogens is 2. The molecule has 2 nitrogen and oxygen atoms in total. The van der Waals surface area contributed by atoms with Crippen LogP contribution in [0.3, 0.4) is 0 Å². The molecule has 20 heavy (non-hydrogen) atoms. The van der Waals surface area contributed by atoms with Gasteiger partial charge in [0, 0.05) is 6.42 Å². The van der Waals surface area contributed by atoms with Crippen molar-refractivity contribution in [2.45, 2.75) is 59.0 Å². The number of imidazole rings is 1. The molecular formula is C18H27N2+. The lowest BCUT2D eigenvalue weighted by Crippen LogP contribution is -2.37. The Hall–Kier alpha value is -1.57. The Morgan fingerprint density at radius 3 is 2.50 bits per heavy atom.